The Morgan fingerprint density at radius 3 is 2.35 bits per heavy atom. The molecule has 1 amide bonds. The van der Waals surface area contributed by atoms with E-state index in [1.165, 1.54) is 43.3 Å². The minimum absolute atomic E-state index is 0.0774. The van der Waals surface area contributed by atoms with Crippen LogP contribution in [0.4, 0.5) is 13.2 Å². The number of rotatable bonds is 5. The normalized spacial score (nSPS) is 16.6. The van der Waals surface area contributed by atoms with Crippen LogP contribution in [0.1, 0.15) is 16.7 Å². The van der Waals surface area contributed by atoms with Gasteiger partial charge >= 0.3 is 6.18 Å². The van der Waals surface area contributed by atoms with E-state index in [0.717, 1.165) is 28.2 Å². The molecule has 11 heteroatoms. The lowest BCUT2D eigenvalue weighted by atomic mass is 10.1. The van der Waals surface area contributed by atoms with Gasteiger partial charge in [-0.25, -0.2) is 12.7 Å². The van der Waals surface area contributed by atoms with Gasteiger partial charge in [-0.05, 0) is 41.5 Å². The molecule has 0 aliphatic carbocycles. The first-order valence-corrected chi connectivity index (χ1v) is 11.5. The van der Waals surface area contributed by atoms with E-state index in [9.17, 15) is 26.4 Å². The molecule has 0 aromatic heterocycles. The number of thiocarbonyl (C=S) groups is 1. The average Bonchev–Trinajstić information content (AvgIpc) is 2.95. The van der Waals surface area contributed by atoms with Crippen LogP contribution in [0.15, 0.2) is 58.3 Å². The third-order valence-corrected chi connectivity index (χ3v) is 7.63. The van der Waals surface area contributed by atoms with Crippen molar-refractivity contribution in [3.63, 3.8) is 0 Å². The van der Waals surface area contributed by atoms with Crippen molar-refractivity contribution < 1.29 is 26.4 Å². The van der Waals surface area contributed by atoms with E-state index in [1.807, 2.05) is 0 Å². The second-order valence-corrected chi connectivity index (χ2v) is 10.7. The number of thioether (sulfide) groups is 1. The van der Waals surface area contributed by atoms with Crippen molar-refractivity contribution >= 4 is 50.3 Å². The number of amides is 1. The lowest BCUT2D eigenvalue weighted by Crippen LogP contribution is -2.27. The minimum Gasteiger partial charge on any atom is -0.288 e. The van der Waals surface area contributed by atoms with Crippen LogP contribution in [0.3, 0.4) is 0 Å². The van der Waals surface area contributed by atoms with Crippen LogP contribution in [0.2, 0.25) is 0 Å². The molecule has 164 valence electrons. The molecule has 1 saturated heterocycles. The third-order valence-electron chi connectivity index (χ3n) is 4.43. The Kier molecular flexibility index (Phi) is 6.61. The molecule has 2 aromatic rings. The molecule has 1 aliphatic rings. The number of alkyl halides is 3. The summed E-state index contributed by atoms with van der Waals surface area (Å²) in [5.74, 6) is -0.419. The fourth-order valence-electron chi connectivity index (χ4n) is 2.76. The van der Waals surface area contributed by atoms with Crippen molar-refractivity contribution in [2.45, 2.75) is 17.6 Å². The molecule has 0 N–H and O–H groups in total. The number of benzene rings is 2. The molecule has 0 unspecified atom stereocenters. The van der Waals surface area contributed by atoms with Crippen molar-refractivity contribution in [3.8, 4) is 0 Å². The summed E-state index contributed by atoms with van der Waals surface area (Å²) >= 11 is 6.28. The minimum atomic E-state index is -4.47. The first-order valence-electron chi connectivity index (χ1n) is 8.83. The Morgan fingerprint density at radius 1 is 1.13 bits per heavy atom. The monoisotopic (exact) mass is 486 g/mol. The fourth-order valence-corrected chi connectivity index (χ4v) is 4.92. The van der Waals surface area contributed by atoms with Crippen molar-refractivity contribution in [1.29, 1.82) is 0 Å². The Morgan fingerprint density at radius 2 is 1.77 bits per heavy atom. The highest BCUT2D eigenvalue weighted by atomic mass is 32.2. The van der Waals surface area contributed by atoms with Crippen LogP contribution in [0.5, 0.6) is 0 Å². The molecule has 31 heavy (non-hydrogen) atoms. The summed E-state index contributed by atoms with van der Waals surface area (Å²) in [5, 5.41) is 0. The van der Waals surface area contributed by atoms with E-state index in [-0.39, 0.29) is 15.8 Å². The highest BCUT2D eigenvalue weighted by molar-refractivity contribution is 8.26. The topological polar surface area (TPSA) is 57.7 Å². The first-order chi connectivity index (χ1) is 14.4. The van der Waals surface area contributed by atoms with Crippen molar-refractivity contribution in [3.05, 3.63) is 70.1 Å². The van der Waals surface area contributed by atoms with E-state index in [4.69, 9.17) is 12.2 Å². The first kappa shape index (κ1) is 23.5. The molecule has 1 fully saturated rings. The van der Waals surface area contributed by atoms with Crippen molar-refractivity contribution in [2.75, 3.05) is 14.1 Å². The molecule has 3 rings (SSSR count). The van der Waals surface area contributed by atoms with Crippen LogP contribution in [-0.2, 0) is 27.5 Å². The quantitative estimate of drug-likeness (QED) is 0.465. The largest absolute Gasteiger partial charge is 0.416 e. The van der Waals surface area contributed by atoms with Gasteiger partial charge in [-0.1, -0.05) is 48.2 Å². The molecule has 1 heterocycles. The predicted octanol–water partition coefficient (Wildman–Crippen LogP) is 4.36. The van der Waals surface area contributed by atoms with Crippen LogP contribution < -0.4 is 0 Å². The van der Waals surface area contributed by atoms with Gasteiger partial charge in [0.05, 0.1) is 21.9 Å². The van der Waals surface area contributed by atoms with Gasteiger partial charge in [0.15, 0.2) is 0 Å². The van der Waals surface area contributed by atoms with Gasteiger partial charge in [0.1, 0.15) is 4.32 Å². The summed E-state index contributed by atoms with van der Waals surface area (Å²) in [7, 11) is -0.707. The SMILES string of the molecule is CN(C)S(=O)(=O)c1ccc(/C=C2\SC(=S)N(Cc3cccc(C(F)(F)F)c3)C2=O)cc1. The van der Waals surface area contributed by atoms with Crippen LogP contribution in [0.25, 0.3) is 6.08 Å². The zero-order valence-electron chi connectivity index (χ0n) is 16.4. The molecule has 2 aromatic carbocycles. The lowest BCUT2D eigenvalue weighted by molar-refractivity contribution is -0.137. The molecular weight excluding hydrogens is 469 g/mol. The smallest absolute Gasteiger partial charge is 0.288 e. The molecule has 0 radical (unpaired) electrons. The molecule has 5 nitrogen and oxygen atoms in total. The molecule has 0 saturated carbocycles. The van der Waals surface area contributed by atoms with Gasteiger partial charge in [0, 0.05) is 14.1 Å². The van der Waals surface area contributed by atoms with E-state index < -0.39 is 27.7 Å². The highest BCUT2D eigenvalue weighted by Crippen LogP contribution is 2.35. The Hall–Kier alpha value is -2.21. The standard InChI is InChI=1S/C20H17F3N2O3S3/c1-24(2)31(27,28)16-8-6-13(7-9-16)11-17-18(26)25(19(29)30-17)12-14-4-3-5-15(10-14)20(21,22)23/h3-11H,12H2,1-2H3/b17-11-. The maximum Gasteiger partial charge on any atom is 0.416 e. The van der Waals surface area contributed by atoms with E-state index in [2.05, 4.69) is 0 Å². The zero-order chi connectivity index (χ0) is 23.0. The van der Waals surface area contributed by atoms with Gasteiger partial charge in [-0.15, -0.1) is 0 Å². The van der Waals surface area contributed by atoms with Crippen LogP contribution >= 0.6 is 24.0 Å². The van der Waals surface area contributed by atoms with Crippen LogP contribution in [0, 0.1) is 0 Å². The number of sulfonamides is 1. The Balaban J connectivity index is 1.80. The molecule has 0 atom stereocenters. The molecule has 0 bridgehead atoms. The highest BCUT2D eigenvalue weighted by Gasteiger charge is 2.34. The summed E-state index contributed by atoms with van der Waals surface area (Å²) in [6.45, 7) is -0.0774. The predicted molar refractivity (Wildman–Crippen MR) is 117 cm³/mol. The summed E-state index contributed by atoms with van der Waals surface area (Å²) in [4.78, 5) is 14.4. The second-order valence-electron chi connectivity index (χ2n) is 6.82. The van der Waals surface area contributed by atoms with E-state index >= 15 is 0 Å². The summed E-state index contributed by atoms with van der Waals surface area (Å²) in [6, 6.07) is 10.7. The maximum absolute atomic E-state index is 12.9. The van der Waals surface area contributed by atoms with Gasteiger partial charge < -0.3 is 0 Å². The third kappa shape index (κ3) is 5.17. The summed E-state index contributed by atoms with van der Waals surface area (Å²) < 4.78 is 64.4. The number of carbonyl (C=O) groups excluding carboxylic acids is 1. The fraction of sp³-hybridized carbons (Fsp3) is 0.200. The lowest BCUT2D eigenvalue weighted by Gasteiger charge is -2.15. The summed E-state index contributed by atoms with van der Waals surface area (Å²) in [6.07, 6.45) is -2.91. The maximum atomic E-state index is 12.9. The number of carbonyl (C=O) groups is 1. The molecule has 1 aliphatic heterocycles. The van der Waals surface area contributed by atoms with Crippen LogP contribution in [-0.4, -0.2) is 41.9 Å². The number of nitrogens with zero attached hydrogens (tertiary/aromatic N) is 2. The number of hydrogen-bond acceptors (Lipinski definition) is 5. The van der Waals surface area contributed by atoms with Gasteiger partial charge in [-0.3, -0.25) is 9.69 Å². The van der Waals surface area contributed by atoms with Gasteiger partial charge in [-0.2, -0.15) is 13.2 Å². The van der Waals surface area contributed by atoms with Gasteiger partial charge in [0.25, 0.3) is 5.91 Å². The van der Waals surface area contributed by atoms with Crippen molar-refractivity contribution in [2.24, 2.45) is 0 Å². The number of hydrogen-bond donors (Lipinski definition) is 0. The Bertz CT molecular complexity index is 1160. The zero-order valence-corrected chi connectivity index (χ0v) is 18.8. The van der Waals surface area contributed by atoms with Crippen molar-refractivity contribution in [1.82, 2.24) is 9.21 Å². The van der Waals surface area contributed by atoms with Gasteiger partial charge in [0.2, 0.25) is 10.0 Å². The molecular formula is C20H17F3N2O3S3. The van der Waals surface area contributed by atoms with E-state index in [0.29, 0.717) is 16.0 Å². The second kappa shape index (κ2) is 8.73. The van der Waals surface area contributed by atoms with E-state index in [1.54, 1.807) is 18.2 Å². The number of halogens is 3. The summed E-state index contributed by atoms with van der Waals surface area (Å²) in [5.41, 5.74) is 0.113. The molecule has 0 spiro atoms. The Labute approximate surface area is 187 Å². The average molecular weight is 487 g/mol.